The van der Waals surface area contributed by atoms with Gasteiger partial charge in [-0.2, -0.15) is 0 Å². The van der Waals surface area contributed by atoms with Crippen molar-refractivity contribution >= 4 is 17.7 Å². The smallest absolute Gasteiger partial charge is 0.256 e. The second kappa shape index (κ2) is 6.20. The highest BCUT2D eigenvalue weighted by molar-refractivity contribution is 7.98. The molecule has 1 aliphatic heterocycles. The number of pyridine rings is 1. The molecule has 0 bridgehead atoms. The van der Waals surface area contributed by atoms with Crippen LogP contribution in [0.5, 0.6) is 0 Å². The van der Waals surface area contributed by atoms with Gasteiger partial charge >= 0.3 is 0 Å². The Hall–Kier alpha value is -1.07. The minimum atomic E-state index is 0.0999. The van der Waals surface area contributed by atoms with Gasteiger partial charge in [0.15, 0.2) is 0 Å². The van der Waals surface area contributed by atoms with E-state index in [-0.39, 0.29) is 5.91 Å². The van der Waals surface area contributed by atoms with Crippen molar-refractivity contribution in [3.8, 4) is 0 Å². The maximum absolute atomic E-state index is 12.4. The van der Waals surface area contributed by atoms with Gasteiger partial charge in [0.2, 0.25) is 0 Å². The van der Waals surface area contributed by atoms with E-state index in [4.69, 9.17) is 5.73 Å². The van der Waals surface area contributed by atoms with E-state index in [1.165, 1.54) is 11.8 Å². The fourth-order valence-electron chi connectivity index (χ4n) is 2.26. The van der Waals surface area contributed by atoms with E-state index in [1.54, 1.807) is 6.20 Å². The Morgan fingerprint density at radius 3 is 2.89 bits per heavy atom. The lowest BCUT2D eigenvalue weighted by Crippen LogP contribution is -2.40. The van der Waals surface area contributed by atoms with Crippen molar-refractivity contribution in [1.82, 2.24) is 9.88 Å². The SMILES string of the molecule is CSc1ncccc1C(=O)N1CCC(CN)CC1. The van der Waals surface area contributed by atoms with E-state index in [0.717, 1.165) is 43.1 Å². The average Bonchev–Trinajstić information content (AvgIpc) is 2.46. The first-order chi connectivity index (χ1) is 8.76. The van der Waals surface area contributed by atoms with Crippen LogP contribution >= 0.6 is 11.8 Å². The van der Waals surface area contributed by atoms with Crippen LogP contribution in [0.25, 0.3) is 0 Å². The van der Waals surface area contributed by atoms with Gasteiger partial charge in [0.1, 0.15) is 5.03 Å². The molecule has 0 radical (unpaired) electrons. The molecule has 1 amide bonds. The normalized spacial score (nSPS) is 16.9. The van der Waals surface area contributed by atoms with E-state index in [2.05, 4.69) is 4.98 Å². The predicted octanol–water partition coefficient (Wildman–Crippen LogP) is 1.61. The number of piperidine rings is 1. The minimum absolute atomic E-state index is 0.0999. The lowest BCUT2D eigenvalue weighted by atomic mass is 9.97. The molecule has 2 heterocycles. The van der Waals surface area contributed by atoms with Crippen molar-refractivity contribution < 1.29 is 4.79 Å². The Morgan fingerprint density at radius 1 is 1.56 bits per heavy atom. The van der Waals surface area contributed by atoms with Crippen LogP contribution in [-0.4, -0.2) is 41.7 Å². The van der Waals surface area contributed by atoms with Crippen molar-refractivity contribution in [3.05, 3.63) is 23.9 Å². The van der Waals surface area contributed by atoms with Gasteiger partial charge in [0.25, 0.3) is 5.91 Å². The van der Waals surface area contributed by atoms with E-state index < -0.39 is 0 Å². The predicted molar refractivity (Wildman–Crippen MR) is 73.7 cm³/mol. The summed E-state index contributed by atoms with van der Waals surface area (Å²) in [4.78, 5) is 18.6. The molecule has 1 fully saturated rings. The number of hydrogen-bond acceptors (Lipinski definition) is 4. The lowest BCUT2D eigenvalue weighted by Gasteiger charge is -2.31. The molecule has 2 rings (SSSR count). The van der Waals surface area contributed by atoms with E-state index >= 15 is 0 Å². The molecule has 1 saturated heterocycles. The van der Waals surface area contributed by atoms with E-state index in [9.17, 15) is 4.79 Å². The van der Waals surface area contributed by atoms with Crippen LogP contribution in [0.1, 0.15) is 23.2 Å². The third-order valence-electron chi connectivity index (χ3n) is 3.43. The Labute approximate surface area is 112 Å². The summed E-state index contributed by atoms with van der Waals surface area (Å²) in [5.74, 6) is 0.672. The molecule has 0 aliphatic carbocycles. The van der Waals surface area contributed by atoms with Crippen molar-refractivity contribution in [2.24, 2.45) is 11.7 Å². The largest absolute Gasteiger partial charge is 0.339 e. The number of thioether (sulfide) groups is 1. The zero-order valence-corrected chi connectivity index (χ0v) is 11.4. The molecule has 18 heavy (non-hydrogen) atoms. The summed E-state index contributed by atoms with van der Waals surface area (Å²) in [6.07, 6.45) is 5.69. The molecule has 1 aromatic heterocycles. The minimum Gasteiger partial charge on any atom is -0.339 e. The third kappa shape index (κ3) is 2.84. The third-order valence-corrected chi connectivity index (χ3v) is 4.14. The summed E-state index contributed by atoms with van der Waals surface area (Å²) in [6.45, 7) is 2.35. The number of amides is 1. The molecule has 1 aromatic rings. The monoisotopic (exact) mass is 265 g/mol. The highest BCUT2D eigenvalue weighted by Gasteiger charge is 2.24. The maximum Gasteiger partial charge on any atom is 0.256 e. The van der Waals surface area contributed by atoms with Crippen LogP contribution in [0.4, 0.5) is 0 Å². The standard InChI is InChI=1S/C13H19N3OS/c1-18-12-11(3-2-6-15-12)13(17)16-7-4-10(9-14)5-8-16/h2-3,6,10H,4-5,7-9,14H2,1H3. The second-order valence-corrected chi connectivity index (χ2v) is 5.33. The first-order valence-electron chi connectivity index (χ1n) is 6.24. The number of likely N-dealkylation sites (tertiary alicyclic amines) is 1. The molecular formula is C13H19N3OS. The van der Waals surface area contributed by atoms with E-state index in [1.807, 2.05) is 23.3 Å². The zero-order chi connectivity index (χ0) is 13.0. The Morgan fingerprint density at radius 2 is 2.28 bits per heavy atom. The van der Waals surface area contributed by atoms with Crippen LogP contribution in [0.2, 0.25) is 0 Å². The first kappa shape index (κ1) is 13.4. The molecule has 2 N–H and O–H groups in total. The summed E-state index contributed by atoms with van der Waals surface area (Å²) < 4.78 is 0. The molecule has 0 atom stereocenters. The van der Waals surface area contributed by atoms with Gasteiger partial charge in [-0.15, -0.1) is 11.8 Å². The van der Waals surface area contributed by atoms with Crippen LogP contribution in [0, 0.1) is 5.92 Å². The fourth-order valence-corrected chi connectivity index (χ4v) is 2.80. The number of aromatic nitrogens is 1. The van der Waals surface area contributed by atoms with Gasteiger partial charge in [-0.3, -0.25) is 4.79 Å². The zero-order valence-electron chi connectivity index (χ0n) is 10.6. The summed E-state index contributed by atoms with van der Waals surface area (Å²) >= 11 is 1.51. The fraction of sp³-hybridized carbons (Fsp3) is 0.538. The number of nitrogens with two attached hydrogens (primary N) is 1. The van der Waals surface area contributed by atoms with Gasteiger partial charge < -0.3 is 10.6 Å². The van der Waals surface area contributed by atoms with Crippen molar-refractivity contribution in [2.45, 2.75) is 17.9 Å². The highest BCUT2D eigenvalue weighted by Crippen LogP contribution is 2.22. The van der Waals surface area contributed by atoms with Gasteiger partial charge in [-0.05, 0) is 43.7 Å². The van der Waals surface area contributed by atoms with Crippen LogP contribution < -0.4 is 5.73 Å². The van der Waals surface area contributed by atoms with Gasteiger partial charge in [0, 0.05) is 19.3 Å². The summed E-state index contributed by atoms with van der Waals surface area (Å²) in [5.41, 5.74) is 6.38. The van der Waals surface area contributed by atoms with Crippen molar-refractivity contribution in [3.63, 3.8) is 0 Å². The molecular weight excluding hydrogens is 246 g/mol. The van der Waals surface area contributed by atoms with Crippen LogP contribution in [-0.2, 0) is 0 Å². The molecule has 98 valence electrons. The lowest BCUT2D eigenvalue weighted by molar-refractivity contribution is 0.0689. The summed E-state index contributed by atoms with van der Waals surface area (Å²) in [5, 5.41) is 0.809. The van der Waals surface area contributed by atoms with E-state index in [0.29, 0.717) is 5.92 Å². The number of hydrogen-bond donors (Lipinski definition) is 1. The van der Waals surface area contributed by atoms with Crippen LogP contribution in [0.3, 0.4) is 0 Å². The molecule has 1 aliphatic rings. The molecule has 0 spiro atoms. The van der Waals surface area contributed by atoms with Gasteiger partial charge in [-0.25, -0.2) is 4.98 Å². The number of rotatable bonds is 3. The molecule has 0 saturated carbocycles. The topological polar surface area (TPSA) is 59.2 Å². The average molecular weight is 265 g/mol. The summed E-state index contributed by atoms with van der Waals surface area (Å²) in [6, 6.07) is 3.68. The first-order valence-corrected chi connectivity index (χ1v) is 7.47. The number of nitrogens with zero attached hydrogens (tertiary/aromatic N) is 2. The molecule has 0 aromatic carbocycles. The molecule has 4 nitrogen and oxygen atoms in total. The number of carbonyl (C=O) groups is 1. The van der Waals surface area contributed by atoms with Gasteiger partial charge in [-0.1, -0.05) is 0 Å². The quantitative estimate of drug-likeness (QED) is 0.844. The summed E-state index contributed by atoms with van der Waals surface area (Å²) in [7, 11) is 0. The molecule has 0 unspecified atom stereocenters. The maximum atomic E-state index is 12.4. The Balaban J connectivity index is 2.08. The second-order valence-electron chi connectivity index (χ2n) is 4.53. The van der Waals surface area contributed by atoms with Crippen LogP contribution in [0.15, 0.2) is 23.4 Å². The highest BCUT2D eigenvalue weighted by atomic mass is 32.2. The van der Waals surface area contributed by atoms with Gasteiger partial charge in [0.05, 0.1) is 5.56 Å². The molecule has 5 heteroatoms. The Kier molecular flexibility index (Phi) is 4.60. The Bertz CT molecular complexity index is 416. The number of carbonyl (C=O) groups excluding carboxylic acids is 1. The van der Waals surface area contributed by atoms with Crippen molar-refractivity contribution in [2.75, 3.05) is 25.9 Å². The van der Waals surface area contributed by atoms with Crippen molar-refractivity contribution in [1.29, 1.82) is 0 Å².